The zero-order valence-electron chi connectivity index (χ0n) is 11.4. The van der Waals surface area contributed by atoms with Crippen molar-refractivity contribution in [2.75, 3.05) is 19.7 Å². The van der Waals surface area contributed by atoms with Crippen molar-refractivity contribution >= 4 is 5.91 Å². The standard InChI is InChI=1S/C14H26N2O2/c1-11-4-2-3-5-13(11)16-14(17)10-18-12-6-8-15-9-7-12/h11-13,15H,2-10H2,1H3,(H,16,17). The van der Waals surface area contributed by atoms with E-state index in [9.17, 15) is 4.79 Å². The molecule has 2 fully saturated rings. The van der Waals surface area contributed by atoms with Crippen LogP contribution in [-0.2, 0) is 9.53 Å². The van der Waals surface area contributed by atoms with Crippen LogP contribution in [0.4, 0.5) is 0 Å². The Morgan fingerprint density at radius 1 is 1.22 bits per heavy atom. The quantitative estimate of drug-likeness (QED) is 0.798. The highest BCUT2D eigenvalue weighted by molar-refractivity contribution is 5.77. The van der Waals surface area contributed by atoms with Crippen molar-refractivity contribution in [1.29, 1.82) is 0 Å². The molecular formula is C14H26N2O2. The van der Waals surface area contributed by atoms with Gasteiger partial charge in [-0.2, -0.15) is 0 Å². The van der Waals surface area contributed by atoms with E-state index in [1.54, 1.807) is 0 Å². The average Bonchev–Trinajstić information content (AvgIpc) is 2.40. The Morgan fingerprint density at radius 3 is 2.67 bits per heavy atom. The lowest BCUT2D eigenvalue weighted by Gasteiger charge is -2.30. The number of hydrogen-bond donors (Lipinski definition) is 2. The molecule has 1 aliphatic carbocycles. The molecule has 2 aliphatic rings. The fraction of sp³-hybridized carbons (Fsp3) is 0.929. The molecule has 1 aliphatic heterocycles. The van der Waals surface area contributed by atoms with E-state index in [2.05, 4.69) is 17.6 Å². The summed E-state index contributed by atoms with van der Waals surface area (Å²) in [6, 6.07) is 0.364. The summed E-state index contributed by atoms with van der Waals surface area (Å²) in [6.07, 6.45) is 7.21. The second-order valence-corrected chi connectivity index (χ2v) is 5.70. The summed E-state index contributed by atoms with van der Waals surface area (Å²) in [5.41, 5.74) is 0. The molecule has 4 heteroatoms. The Hall–Kier alpha value is -0.610. The van der Waals surface area contributed by atoms with Crippen molar-refractivity contribution in [3.63, 3.8) is 0 Å². The molecule has 0 aromatic carbocycles. The molecule has 0 spiro atoms. The lowest BCUT2D eigenvalue weighted by atomic mass is 9.86. The number of carbonyl (C=O) groups is 1. The summed E-state index contributed by atoms with van der Waals surface area (Å²) in [5.74, 6) is 0.675. The summed E-state index contributed by atoms with van der Waals surface area (Å²) in [7, 11) is 0. The van der Waals surface area contributed by atoms with E-state index in [4.69, 9.17) is 4.74 Å². The van der Waals surface area contributed by atoms with Gasteiger partial charge in [0.1, 0.15) is 6.61 Å². The molecule has 1 heterocycles. The monoisotopic (exact) mass is 254 g/mol. The van der Waals surface area contributed by atoms with Crippen molar-refractivity contribution in [3.05, 3.63) is 0 Å². The maximum absolute atomic E-state index is 11.8. The molecule has 18 heavy (non-hydrogen) atoms. The highest BCUT2D eigenvalue weighted by Gasteiger charge is 2.23. The van der Waals surface area contributed by atoms with Gasteiger partial charge in [-0.05, 0) is 44.7 Å². The molecule has 2 N–H and O–H groups in total. The van der Waals surface area contributed by atoms with Gasteiger partial charge in [-0.1, -0.05) is 19.8 Å². The first-order chi connectivity index (χ1) is 8.75. The maximum atomic E-state index is 11.8. The van der Waals surface area contributed by atoms with Crippen LogP contribution in [0.15, 0.2) is 0 Å². The van der Waals surface area contributed by atoms with Crippen LogP contribution < -0.4 is 10.6 Å². The SMILES string of the molecule is CC1CCCCC1NC(=O)COC1CCNCC1. The Morgan fingerprint density at radius 2 is 1.94 bits per heavy atom. The predicted molar refractivity (Wildman–Crippen MR) is 71.4 cm³/mol. The smallest absolute Gasteiger partial charge is 0.246 e. The molecule has 4 nitrogen and oxygen atoms in total. The van der Waals surface area contributed by atoms with Crippen LogP contribution in [0, 0.1) is 5.92 Å². The van der Waals surface area contributed by atoms with Crippen LogP contribution in [-0.4, -0.2) is 37.7 Å². The minimum atomic E-state index is 0.0623. The molecule has 2 atom stereocenters. The molecule has 104 valence electrons. The molecule has 0 aromatic heterocycles. The van der Waals surface area contributed by atoms with E-state index in [0.717, 1.165) is 32.4 Å². The lowest BCUT2D eigenvalue weighted by Crippen LogP contribution is -2.43. The zero-order chi connectivity index (χ0) is 12.8. The van der Waals surface area contributed by atoms with Gasteiger partial charge < -0.3 is 15.4 Å². The molecule has 0 aromatic rings. The number of carbonyl (C=O) groups excluding carboxylic acids is 1. The van der Waals surface area contributed by atoms with E-state index >= 15 is 0 Å². The van der Waals surface area contributed by atoms with Crippen LogP contribution >= 0.6 is 0 Å². The highest BCUT2D eigenvalue weighted by Crippen LogP contribution is 2.23. The van der Waals surface area contributed by atoms with Crippen LogP contribution in [0.2, 0.25) is 0 Å². The lowest BCUT2D eigenvalue weighted by molar-refractivity contribution is -0.129. The molecule has 1 amide bonds. The number of rotatable bonds is 4. The summed E-state index contributed by atoms with van der Waals surface area (Å²) in [5, 5.41) is 6.42. The van der Waals surface area contributed by atoms with E-state index in [1.165, 1.54) is 19.3 Å². The van der Waals surface area contributed by atoms with Crippen molar-refractivity contribution in [1.82, 2.24) is 10.6 Å². The minimum Gasteiger partial charge on any atom is -0.368 e. The Labute approximate surface area is 110 Å². The predicted octanol–water partition coefficient (Wildman–Crippen LogP) is 1.45. The van der Waals surface area contributed by atoms with Crippen molar-refractivity contribution in [2.45, 2.75) is 57.6 Å². The Bertz CT molecular complexity index is 265. The Balaban J connectivity index is 1.64. The largest absolute Gasteiger partial charge is 0.368 e. The van der Waals surface area contributed by atoms with Gasteiger partial charge in [0.15, 0.2) is 0 Å². The fourth-order valence-corrected chi connectivity index (χ4v) is 2.93. The van der Waals surface area contributed by atoms with Crippen molar-refractivity contribution in [2.24, 2.45) is 5.92 Å². The normalized spacial score (nSPS) is 30.1. The third-order valence-electron chi connectivity index (χ3n) is 4.19. The second-order valence-electron chi connectivity index (χ2n) is 5.70. The summed E-state index contributed by atoms with van der Waals surface area (Å²) in [6.45, 7) is 4.48. The molecule has 0 radical (unpaired) electrons. The van der Waals surface area contributed by atoms with Gasteiger partial charge >= 0.3 is 0 Å². The number of nitrogens with one attached hydrogen (secondary N) is 2. The van der Waals surface area contributed by atoms with Crippen LogP contribution in [0.3, 0.4) is 0 Å². The summed E-state index contributed by atoms with van der Waals surface area (Å²) in [4.78, 5) is 11.8. The average molecular weight is 254 g/mol. The van der Waals surface area contributed by atoms with E-state index in [0.29, 0.717) is 12.0 Å². The van der Waals surface area contributed by atoms with E-state index in [-0.39, 0.29) is 18.6 Å². The van der Waals surface area contributed by atoms with Gasteiger partial charge in [-0.25, -0.2) is 0 Å². The molecular weight excluding hydrogens is 228 g/mol. The van der Waals surface area contributed by atoms with Crippen molar-refractivity contribution in [3.8, 4) is 0 Å². The first-order valence-corrected chi connectivity index (χ1v) is 7.37. The zero-order valence-corrected chi connectivity index (χ0v) is 11.4. The topological polar surface area (TPSA) is 50.4 Å². The van der Waals surface area contributed by atoms with Gasteiger partial charge in [0.2, 0.25) is 5.91 Å². The van der Waals surface area contributed by atoms with Gasteiger partial charge in [-0.3, -0.25) is 4.79 Å². The fourth-order valence-electron chi connectivity index (χ4n) is 2.93. The van der Waals surface area contributed by atoms with Crippen molar-refractivity contribution < 1.29 is 9.53 Å². The van der Waals surface area contributed by atoms with Gasteiger partial charge in [0.25, 0.3) is 0 Å². The third-order valence-corrected chi connectivity index (χ3v) is 4.19. The number of hydrogen-bond acceptors (Lipinski definition) is 3. The second kappa shape index (κ2) is 7.10. The van der Waals surface area contributed by atoms with Crippen LogP contribution in [0.25, 0.3) is 0 Å². The summed E-state index contributed by atoms with van der Waals surface area (Å²) >= 11 is 0. The van der Waals surface area contributed by atoms with Gasteiger partial charge in [0.05, 0.1) is 6.10 Å². The minimum absolute atomic E-state index is 0.0623. The first kappa shape index (κ1) is 13.8. The molecule has 2 rings (SSSR count). The van der Waals surface area contributed by atoms with E-state index in [1.807, 2.05) is 0 Å². The van der Waals surface area contributed by atoms with Crippen LogP contribution in [0.1, 0.15) is 45.4 Å². The molecule has 1 saturated carbocycles. The highest BCUT2D eigenvalue weighted by atomic mass is 16.5. The molecule has 0 bridgehead atoms. The number of piperidine rings is 1. The van der Waals surface area contributed by atoms with E-state index < -0.39 is 0 Å². The number of ether oxygens (including phenoxy) is 1. The first-order valence-electron chi connectivity index (χ1n) is 7.37. The molecule has 2 unspecified atom stereocenters. The van der Waals surface area contributed by atoms with Gasteiger partial charge in [0, 0.05) is 6.04 Å². The number of amides is 1. The van der Waals surface area contributed by atoms with Crippen LogP contribution in [0.5, 0.6) is 0 Å². The molecule has 1 saturated heterocycles. The maximum Gasteiger partial charge on any atom is 0.246 e. The van der Waals surface area contributed by atoms with Gasteiger partial charge in [-0.15, -0.1) is 0 Å². The summed E-state index contributed by atoms with van der Waals surface area (Å²) < 4.78 is 5.67. The third kappa shape index (κ3) is 4.25. The Kier molecular flexibility index (Phi) is 5.45.